The van der Waals surface area contributed by atoms with E-state index in [0.29, 0.717) is 12.3 Å². The van der Waals surface area contributed by atoms with Gasteiger partial charge < -0.3 is 9.73 Å². The number of hydrogen-bond donors (Lipinski definition) is 1. The largest absolute Gasteiger partial charge is 0.459 e. The number of carbonyl (C=O) groups excluding carboxylic acids is 1. The smallest absolute Gasteiger partial charge is 0.286 e. The third-order valence-electron chi connectivity index (χ3n) is 4.42. The molecule has 1 aliphatic rings. The summed E-state index contributed by atoms with van der Waals surface area (Å²) in [5.74, 6) is 0.180. The van der Waals surface area contributed by atoms with Crippen LogP contribution in [0, 0.1) is 0 Å². The zero-order valence-corrected chi connectivity index (χ0v) is 14.6. The second-order valence-corrected chi connectivity index (χ2v) is 7.22. The van der Waals surface area contributed by atoms with Gasteiger partial charge >= 0.3 is 0 Å². The van der Waals surface area contributed by atoms with Crippen LogP contribution >= 0.6 is 11.3 Å². The number of hydrogen-bond acceptors (Lipinski definition) is 5. The molecule has 1 atom stereocenters. The molecule has 1 aliphatic heterocycles. The Morgan fingerprint density at radius 3 is 3.12 bits per heavy atom. The highest BCUT2D eigenvalue weighted by atomic mass is 32.1. The molecular formula is C18H20N4O2S. The molecule has 0 fully saturated rings. The Morgan fingerprint density at radius 1 is 1.36 bits per heavy atom. The second kappa shape index (κ2) is 7.25. The third kappa shape index (κ3) is 3.67. The molecule has 0 unspecified atom stereocenters. The number of rotatable bonds is 6. The summed E-state index contributed by atoms with van der Waals surface area (Å²) in [7, 11) is 0. The molecule has 0 saturated carbocycles. The standard InChI is InChI=1S/C18H20N4O2S/c23-18(17-4-1-9-24-17)19-7-5-14-11-21(13-16-3-2-10-25-16)12-15-6-8-20-22(14)15/h1-4,6,8-10,14H,5,7,11-13H2,(H,19,23)/t14-/m0/s1. The predicted molar refractivity (Wildman–Crippen MR) is 95.4 cm³/mol. The van der Waals surface area contributed by atoms with Crippen molar-refractivity contribution in [2.45, 2.75) is 25.6 Å². The Labute approximate surface area is 150 Å². The quantitative estimate of drug-likeness (QED) is 0.738. The van der Waals surface area contributed by atoms with Crippen LogP contribution < -0.4 is 5.32 Å². The predicted octanol–water partition coefficient (Wildman–Crippen LogP) is 2.91. The zero-order chi connectivity index (χ0) is 17.1. The van der Waals surface area contributed by atoms with Crippen LogP contribution in [0.15, 0.2) is 52.6 Å². The van der Waals surface area contributed by atoms with Crippen molar-refractivity contribution in [3.05, 3.63) is 64.5 Å². The Hall–Kier alpha value is -2.38. The molecule has 7 heteroatoms. The maximum Gasteiger partial charge on any atom is 0.286 e. The molecule has 4 rings (SSSR count). The first-order valence-electron chi connectivity index (χ1n) is 8.38. The van der Waals surface area contributed by atoms with Crippen molar-refractivity contribution < 1.29 is 9.21 Å². The molecule has 0 spiro atoms. The average Bonchev–Trinajstić information content (AvgIpc) is 3.36. The van der Waals surface area contributed by atoms with Crippen LogP contribution in [0.3, 0.4) is 0 Å². The van der Waals surface area contributed by atoms with Crippen molar-refractivity contribution in [1.29, 1.82) is 0 Å². The summed E-state index contributed by atoms with van der Waals surface area (Å²) < 4.78 is 7.22. The minimum absolute atomic E-state index is 0.170. The number of fused-ring (bicyclic) bond motifs is 1. The lowest BCUT2D eigenvalue weighted by Gasteiger charge is -2.33. The Kier molecular flexibility index (Phi) is 4.67. The van der Waals surface area contributed by atoms with E-state index in [0.717, 1.165) is 26.1 Å². The van der Waals surface area contributed by atoms with Crippen LogP contribution in [0.2, 0.25) is 0 Å². The van der Waals surface area contributed by atoms with E-state index in [4.69, 9.17) is 4.42 Å². The molecule has 4 heterocycles. The van der Waals surface area contributed by atoms with Gasteiger partial charge in [-0.15, -0.1) is 11.3 Å². The Balaban J connectivity index is 1.37. The third-order valence-corrected chi connectivity index (χ3v) is 5.28. The Bertz CT molecular complexity index is 810. The first-order chi connectivity index (χ1) is 12.3. The van der Waals surface area contributed by atoms with E-state index >= 15 is 0 Å². The molecule has 25 heavy (non-hydrogen) atoms. The van der Waals surface area contributed by atoms with Gasteiger partial charge in [0.25, 0.3) is 5.91 Å². The van der Waals surface area contributed by atoms with Gasteiger partial charge in [0.15, 0.2) is 5.76 Å². The number of thiophene rings is 1. The molecule has 0 aromatic carbocycles. The number of nitrogens with zero attached hydrogens (tertiary/aromatic N) is 3. The van der Waals surface area contributed by atoms with Gasteiger partial charge in [0.1, 0.15) is 0 Å². The van der Waals surface area contributed by atoms with Crippen LogP contribution in [0.4, 0.5) is 0 Å². The number of amides is 1. The van der Waals surface area contributed by atoms with Gasteiger partial charge in [-0.1, -0.05) is 6.07 Å². The summed E-state index contributed by atoms with van der Waals surface area (Å²) in [4.78, 5) is 15.8. The van der Waals surface area contributed by atoms with Crippen molar-refractivity contribution in [2.24, 2.45) is 0 Å². The van der Waals surface area contributed by atoms with Crippen LogP contribution in [-0.2, 0) is 13.1 Å². The first kappa shape index (κ1) is 16.1. The van der Waals surface area contributed by atoms with Crippen molar-refractivity contribution >= 4 is 17.2 Å². The molecule has 0 saturated heterocycles. The molecule has 0 radical (unpaired) electrons. The van der Waals surface area contributed by atoms with Crippen LogP contribution in [0.25, 0.3) is 0 Å². The number of carbonyl (C=O) groups is 1. The van der Waals surface area contributed by atoms with E-state index in [1.165, 1.54) is 16.8 Å². The van der Waals surface area contributed by atoms with Gasteiger partial charge in [0.05, 0.1) is 18.0 Å². The van der Waals surface area contributed by atoms with Crippen LogP contribution in [0.1, 0.15) is 33.6 Å². The molecule has 6 nitrogen and oxygen atoms in total. The lowest BCUT2D eigenvalue weighted by Crippen LogP contribution is -2.38. The fourth-order valence-corrected chi connectivity index (χ4v) is 4.02. The second-order valence-electron chi connectivity index (χ2n) is 6.19. The van der Waals surface area contributed by atoms with E-state index in [9.17, 15) is 4.79 Å². The molecule has 0 aliphatic carbocycles. The highest BCUT2D eigenvalue weighted by Crippen LogP contribution is 2.25. The first-order valence-corrected chi connectivity index (χ1v) is 9.26. The summed E-state index contributed by atoms with van der Waals surface area (Å²) in [6, 6.07) is 9.99. The maximum atomic E-state index is 12.0. The van der Waals surface area contributed by atoms with E-state index < -0.39 is 0 Å². The minimum Gasteiger partial charge on any atom is -0.459 e. The summed E-state index contributed by atoms with van der Waals surface area (Å²) in [6.07, 6.45) is 4.20. The van der Waals surface area contributed by atoms with Gasteiger partial charge in [0, 0.05) is 37.3 Å². The van der Waals surface area contributed by atoms with Crippen LogP contribution in [-0.4, -0.2) is 33.7 Å². The molecule has 130 valence electrons. The zero-order valence-electron chi connectivity index (χ0n) is 13.8. The summed E-state index contributed by atoms with van der Waals surface area (Å²) in [5.41, 5.74) is 1.23. The van der Waals surface area contributed by atoms with E-state index in [1.807, 2.05) is 6.20 Å². The number of aromatic nitrogens is 2. The van der Waals surface area contributed by atoms with Gasteiger partial charge in [-0.05, 0) is 36.1 Å². The van der Waals surface area contributed by atoms with Crippen molar-refractivity contribution in [1.82, 2.24) is 20.0 Å². The molecular weight excluding hydrogens is 336 g/mol. The molecule has 1 amide bonds. The van der Waals surface area contributed by atoms with Gasteiger partial charge in [0.2, 0.25) is 0 Å². The fourth-order valence-electron chi connectivity index (χ4n) is 3.27. The maximum absolute atomic E-state index is 12.0. The van der Waals surface area contributed by atoms with Gasteiger partial charge in [-0.3, -0.25) is 14.4 Å². The molecule has 3 aromatic rings. The van der Waals surface area contributed by atoms with E-state index in [2.05, 4.69) is 43.6 Å². The summed E-state index contributed by atoms with van der Waals surface area (Å²) >= 11 is 1.79. The van der Waals surface area contributed by atoms with Gasteiger partial charge in [-0.2, -0.15) is 5.10 Å². The lowest BCUT2D eigenvalue weighted by molar-refractivity contribution is 0.0919. The van der Waals surface area contributed by atoms with E-state index in [-0.39, 0.29) is 11.9 Å². The minimum atomic E-state index is -0.170. The van der Waals surface area contributed by atoms with Crippen molar-refractivity contribution in [3.8, 4) is 0 Å². The normalized spacial score (nSPS) is 17.4. The highest BCUT2D eigenvalue weighted by molar-refractivity contribution is 7.09. The molecule has 1 N–H and O–H groups in total. The summed E-state index contributed by atoms with van der Waals surface area (Å²) in [5, 5.41) is 9.52. The monoisotopic (exact) mass is 356 g/mol. The van der Waals surface area contributed by atoms with Crippen molar-refractivity contribution in [2.75, 3.05) is 13.1 Å². The Morgan fingerprint density at radius 2 is 2.32 bits per heavy atom. The van der Waals surface area contributed by atoms with Crippen LogP contribution in [0.5, 0.6) is 0 Å². The summed E-state index contributed by atoms with van der Waals surface area (Å²) in [6.45, 7) is 3.39. The molecule has 0 bridgehead atoms. The highest BCUT2D eigenvalue weighted by Gasteiger charge is 2.25. The molecule has 3 aromatic heterocycles. The fraction of sp³-hybridized carbons (Fsp3) is 0.333. The lowest BCUT2D eigenvalue weighted by atomic mass is 10.1. The average molecular weight is 356 g/mol. The van der Waals surface area contributed by atoms with E-state index in [1.54, 1.807) is 23.5 Å². The number of nitrogens with one attached hydrogen (secondary N) is 1. The topological polar surface area (TPSA) is 63.3 Å². The van der Waals surface area contributed by atoms with Crippen molar-refractivity contribution in [3.63, 3.8) is 0 Å². The SMILES string of the molecule is O=C(NCC[C@H]1CN(Cc2cccs2)Cc2ccnn21)c1ccco1. The number of furan rings is 1. The van der Waals surface area contributed by atoms with Gasteiger partial charge in [-0.25, -0.2) is 0 Å².